The molecule has 0 bridgehead atoms. The summed E-state index contributed by atoms with van der Waals surface area (Å²) in [5.41, 5.74) is 3.74. The van der Waals surface area contributed by atoms with Crippen LogP contribution in [0.25, 0.3) is 11.0 Å². The standard InChI is InChI=1S/C25H25FN4OS/c1-2-31-23-10-6-5-9-22(23)29-25(32)30(17-18-11-13-19(26)14-12-18)16-15-24-27-20-7-3-4-8-21(20)28-24/h3-14H,2,15-17H2,1H3,(H,27,28)(H,29,32). The number of imidazole rings is 1. The van der Waals surface area contributed by atoms with E-state index in [-0.39, 0.29) is 5.82 Å². The predicted octanol–water partition coefficient (Wildman–Crippen LogP) is 5.54. The summed E-state index contributed by atoms with van der Waals surface area (Å²) in [7, 11) is 0. The second-order valence-corrected chi connectivity index (χ2v) is 7.74. The van der Waals surface area contributed by atoms with Gasteiger partial charge in [0.2, 0.25) is 0 Å². The van der Waals surface area contributed by atoms with E-state index >= 15 is 0 Å². The number of hydrogen-bond donors (Lipinski definition) is 2. The minimum atomic E-state index is -0.256. The van der Waals surface area contributed by atoms with Gasteiger partial charge < -0.3 is 19.9 Å². The number of hydrogen-bond acceptors (Lipinski definition) is 3. The zero-order chi connectivity index (χ0) is 22.3. The Labute approximate surface area is 192 Å². The van der Waals surface area contributed by atoms with Gasteiger partial charge in [0.25, 0.3) is 0 Å². The average molecular weight is 449 g/mol. The van der Waals surface area contributed by atoms with Crippen LogP contribution in [-0.2, 0) is 13.0 Å². The maximum Gasteiger partial charge on any atom is 0.173 e. The number of aromatic nitrogens is 2. The van der Waals surface area contributed by atoms with Crippen molar-refractivity contribution in [3.8, 4) is 5.75 Å². The number of para-hydroxylation sites is 4. The van der Waals surface area contributed by atoms with E-state index in [9.17, 15) is 4.39 Å². The van der Waals surface area contributed by atoms with E-state index in [1.165, 1.54) is 12.1 Å². The second kappa shape index (κ2) is 10.2. The molecule has 0 aliphatic heterocycles. The summed E-state index contributed by atoms with van der Waals surface area (Å²) in [5.74, 6) is 1.39. The van der Waals surface area contributed by atoms with Gasteiger partial charge in [0.15, 0.2) is 5.11 Å². The minimum absolute atomic E-state index is 0.256. The van der Waals surface area contributed by atoms with Gasteiger partial charge in [-0.3, -0.25) is 0 Å². The lowest BCUT2D eigenvalue weighted by molar-refractivity contribution is 0.342. The van der Waals surface area contributed by atoms with Crippen LogP contribution in [0, 0.1) is 5.82 Å². The summed E-state index contributed by atoms with van der Waals surface area (Å²) < 4.78 is 19.1. The smallest absolute Gasteiger partial charge is 0.173 e. The SMILES string of the molecule is CCOc1ccccc1NC(=S)N(CCc1nc2ccccc2[nH]1)Cc1ccc(F)cc1. The molecule has 0 atom stereocenters. The van der Waals surface area contributed by atoms with Crippen LogP contribution in [0.2, 0.25) is 0 Å². The number of benzene rings is 3. The van der Waals surface area contributed by atoms with Crippen molar-refractivity contribution in [2.45, 2.75) is 19.9 Å². The Balaban J connectivity index is 1.52. The van der Waals surface area contributed by atoms with Gasteiger partial charge in [-0.2, -0.15) is 0 Å². The number of halogens is 1. The molecule has 0 radical (unpaired) electrons. The largest absolute Gasteiger partial charge is 0.492 e. The van der Waals surface area contributed by atoms with Crippen LogP contribution in [0.5, 0.6) is 5.75 Å². The molecule has 7 heteroatoms. The normalized spacial score (nSPS) is 10.8. The molecule has 5 nitrogen and oxygen atoms in total. The molecular weight excluding hydrogens is 423 g/mol. The number of aromatic amines is 1. The zero-order valence-electron chi connectivity index (χ0n) is 17.8. The molecule has 0 amide bonds. The Bertz CT molecular complexity index is 1160. The lowest BCUT2D eigenvalue weighted by Crippen LogP contribution is -2.36. The van der Waals surface area contributed by atoms with E-state index in [0.717, 1.165) is 33.9 Å². The first-order valence-corrected chi connectivity index (χ1v) is 11.0. The molecule has 0 spiro atoms. The average Bonchev–Trinajstić information content (AvgIpc) is 3.22. The van der Waals surface area contributed by atoms with Gasteiger partial charge in [-0.25, -0.2) is 9.37 Å². The molecule has 2 N–H and O–H groups in total. The van der Waals surface area contributed by atoms with Gasteiger partial charge >= 0.3 is 0 Å². The van der Waals surface area contributed by atoms with Gasteiger partial charge in [-0.15, -0.1) is 0 Å². The lowest BCUT2D eigenvalue weighted by Gasteiger charge is -2.26. The van der Waals surface area contributed by atoms with Crippen molar-refractivity contribution in [3.63, 3.8) is 0 Å². The van der Waals surface area contributed by atoms with Crippen molar-refractivity contribution in [2.24, 2.45) is 0 Å². The number of rotatable bonds is 8. The first-order chi connectivity index (χ1) is 15.6. The van der Waals surface area contributed by atoms with Gasteiger partial charge in [0.1, 0.15) is 17.4 Å². The molecule has 0 unspecified atom stereocenters. The van der Waals surface area contributed by atoms with Crippen LogP contribution < -0.4 is 10.1 Å². The molecule has 164 valence electrons. The fraction of sp³-hybridized carbons (Fsp3) is 0.200. The first-order valence-electron chi connectivity index (χ1n) is 10.6. The monoisotopic (exact) mass is 448 g/mol. The summed E-state index contributed by atoms with van der Waals surface area (Å²) >= 11 is 5.76. The van der Waals surface area contributed by atoms with Crippen molar-refractivity contribution >= 4 is 34.1 Å². The summed E-state index contributed by atoms with van der Waals surface area (Å²) in [6, 6.07) is 22.2. The van der Waals surface area contributed by atoms with Crippen molar-refractivity contribution in [1.82, 2.24) is 14.9 Å². The van der Waals surface area contributed by atoms with Crippen LogP contribution in [0.3, 0.4) is 0 Å². The minimum Gasteiger partial charge on any atom is -0.492 e. The molecule has 0 saturated heterocycles. The Morgan fingerprint density at radius 1 is 1.06 bits per heavy atom. The van der Waals surface area contributed by atoms with E-state index in [1.807, 2.05) is 55.5 Å². The van der Waals surface area contributed by atoms with Gasteiger partial charge in [0, 0.05) is 19.5 Å². The molecule has 0 saturated carbocycles. The summed E-state index contributed by atoms with van der Waals surface area (Å²) in [6.07, 6.45) is 0.685. The zero-order valence-corrected chi connectivity index (χ0v) is 18.7. The summed E-state index contributed by atoms with van der Waals surface area (Å²) in [4.78, 5) is 10.1. The number of fused-ring (bicyclic) bond motifs is 1. The van der Waals surface area contributed by atoms with Crippen molar-refractivity contribution in [2.75, 3.05) is 18.5 Å². The molecule has 0 aliphatic rings. The molecule has 4 aromatic rings. The molecule has 0 fully saturated rings. The molecular formula is C25H25FN4OS. The number of H-pyrrole nitrogens is 1. The second-order valence-electron chi connectivity index (χ2n) is 7.36. The highest BCUT2D eigenvalue weighted by Crippen LogP contribution is 2.24. The highest BCUT2D eigenvalue weighted by molar-refractivity contribution is 7.80. The highest BCUT2D eigenvalue weighted by atomic mass is 32.1. The maximum atomic E-state index is 13.4. The quantitative estimate of drug-likeness (QED) is 0.347. The Morgan fingerprint density at radius 3 is 2.59 bits per heavy atom. The van der Waals surface area contributed by atoms with Gasteiger partial charge in [0.05, 0.1) is 23.3 Å². The Kier molecular flexibility index (Phi) is 6.97. The van der Waals surface area contributed by atoms with Gasteiger partial charge in [-0.1, -0.05) is 36.4 Å². The molecule has 4 rings (SSSR count). The third-order valence-corrected chi connectivity index (χ3v) is 5.42. The molecule has 32 heavy (non-hydrogen) atoms. The van der Waals surface area contributed by atoms with Crippen LogP contribution in [0.1, 0.15) is 18.3 Å². The van der Waals surface area contributed by atoms with Crippen molar-refractivity contribution < 1.29 is 9.13 Å². The Morgan fingerprint density at radius 2 is 1.81 bits per heavy atom. The van der Waals surface area contributed by atoms with Crippen LogP contribution in [0.15, 0.2) is 72.8 Å². The van der Waals surface area contributed by atoms with E-state index in [4.69, 9.17) is 17.0 Å². The fourth-order valence-corrected chi connectivity index (χ4v) is 3.74. The summed E-state index contributed by atoms with van der Waals surface area (Å²) in [5, 5.41) is 3.88. The maximum absolute atomic E-state index is 13.4. The highest BCUT2D eigenvalue weighted by Gasteiger charge is 2.14. The van der Waals surface area contributed by atoms with E-state index < -0.39 is 0 Å². The van der Waals surface area contributed by atoms with Crippen molar-refractivity contribution in [1.29, 1.82) is 0 Å². The molecule has 1 heterocycles. The van der Waals surface area contributed by atoms with E-state index in [1.54, 1.807) is 12.1 Å². The van der Waals surface area contributed by atoms with Crippen LogP contribution in [0.4, 0.5) is 10.1 Å². The third-order valence-electron chi connectivity index (χ3n) is 5.06. The first kappa shape index (κ1) is 21.8. The van der Waals surface area contributed by atoms with Gasteiger partial charge in [-0.05, 0) is 61.1 Å². The number of nitrogens with one attached hydrogen (secondary N) is 2. The fourth-order valence-electron chi connectivity index (χ4n) is 3.47. The lowest BCUT2D eigenvalue weighted by atomic mass is 10.2. The predicted molar refractivity (Wildman–Crippen MR) is 130 cm³/mol. The third kappa shape index (κ3) is 5.42. The van der Waals surface area contributed by atoms with Crippen molar-refractivity contribution in [3.05, 3.63) is 90.0 Å². The van der Waals surface area contributed by atoms with E-state index in [0.29, 0.717) is 31.2 Å². The topological polar surface area (TPSA) is 53.2 Å². The number of nitrogens with zero attached hydrogens (tertiary/aromatic N) is 2. The summed E-state index contributed by atoms with van der Waals surface area (Å²) in [6.45, 7) is 3.70. The number of ether oxygens (including phenoxy) is 1. The number of thiocarbonyl (C=S) groups is 1. The molecule has 1 aromatic heterocycles. The van der Waals surface area contributed by atoms with Crippen LogP contribution >= 0.6 is 12.2 Å². The molecule has 0 aliphatic carbocycles. The van der Waals surface area contributed by atoms with E-state index in [2.05, 4.69) is 20.2 Å². The molecule has 3 aromatic carbocycles. The Hall–Kier alpha value is -3.45. The number of anilines is 1. The van der Waals surface area contributed by atoms with Crippen LogP contribution in [-0.4, -0.2) is 33.1 Å².